The second kappa shape index (κ2) is 49.5. The monoisotopic (exact) mass is 851 g/mol. The maximum atomic E-state index is 12.8. The van der Waals surface area contributed by atoms with Crippen molar-refractivity contribution in [2.45, 2.75) is 245 Å². The van der Waals surface area contributed by atoms with Gasteiger partial charge in [0, 0.05) is 19.3 Å². The number of carbonyl (C=O) groups excluding carboxylic acids is 3. The SMILES string of the molecule is CC/C=C\C/C=C\C/C=C\C/C=C\C/C=C\CCCC(=O)OCC(COC(=O)CCCCCC/C=C\CCCC)OC(=O)CCCCCCCCCCCCCCCCCC. The van der Waals surface area contributed by atoms with E-state index in [1.54, 1.807) is 0 Å². The third-order valence-electron chi connectivity index (χ3n) is 10.7. The fourth-order valence-corrected chi connectivity index (χ4v) is 6.87. The van der Waals surface area contributed by atoms with E-state index in [-0.39, 0.29) is 37.5 Å². The fourth-order valence-electron chi connectivity index (χ4n) is 6.87. The molecule has 0 aliphatic heterocycles. The van der Waals surface area contributed by atoms with E-state index in [9.17, 15) is 14.4 Å². The van der Waals surface area contributed by atoms with Crippen LogP contribution in [-0.4, -0.2) is 37.2 Å². The molecule has 0 aromatic carbocycles. The van der Waals surface area contributed by atoms with Crippen LogP contribution < -0.4 is 0 Å². The topological polar surface area (TPSA) is 78.9 Å². The average Bonchev–Trinajstić information content (AvgIpc) is 3.26. The Balaban J connectivity index is 4.44. The molecule has 0 saturated carbocycles. The van der Waals surface area contributed by atoms with Crippen molar-refractivity contribution in [2.75, 3.05) is 13.2 Å². The van der Waals surface area contributed by atoms with Gasteiger partial charge in [-0.1, -0.05) is 216 Å². The lowest BCUT2D eigenvalue weighted by Gasteiger charge is -2.18. The van der Waals surface area contributed by atoms with Gasteiger partial charge in [-0.2, -0.15) is 0 Å². The molecule has 1 atom stereocenters. The van der Waals surface area contributed by atoms with Gasteiger partial charge in [0.15, 0.2) is 6.10 Å². The van der Waals surface area contributed by atoms with Crippen molar-refractivity contribution in [3.8, 4) is 0 Å². The summed E-state index contributed by atoms with van der Waals surface area (Å²) in [5, 5.41) is 0. The van der Waals surface area contributed by atoms with E-state index >= 15 is 0 Å². The summed E-state index contributed by atoms with van der Waals surface area (Å²) in [4.78, 5) is 37.9. The van der Waals surface area contributed by atoms with Gasteiger partial charge in [0.25, 0.3) is 0 Å². The molecular formula is C55H94O6. The average molecular weight is 851 g/mol. The number of esters is 3. The van der Waals surface area contributed by atoms with E-state index in [1.807, 2.05) is 0 Å². The zero-order chi connectivity index (χ0) is 44.4. The Labute approximate surface area is 376 Å². The van der Waals surface area contributed by atoms with Crippen molar-refractivity contribution in [3.05, 3.63) is 72.9 Å². The molecule has 1 unspecified atom stereocenters. The van der Waals surface area contributed by atoms with E-state index in [2.05, 4.69) is 93.7 Å². The van der Waals surface area contributed by atoms with Gasteiger partial charge < -0.3 is 14.2 Å². The molecule has 0 rings (SSSR count). The minimum atomic E-state index is -0.799. The van der Waals surface area contributed by atoms with Crippen LogP contribution in [0.3, 0.4) is 0 Å². The minimum Gasteiger partial charge on any atom is -0.462 e. The minimum absolute atomic E-state index is 0.0978. The third-order valence-corrected chi connectivity index (χ3v) is 10.7. The maximum Gasteiger partial charge on any atom is 0.306 e. The molecule has 0 bridgehead atoms. The van der Waals surface area contributed by atoms with Crippen molar-refractivity contribution in [2.24, 2.45) is 0 Å². The van der Waals surface area contributed by atoms with Crippen LogP contribution in [0.15, 0.2) is 72.9 Å². The summed E-state index contributed by atoms with van der Waals surface area (Å²) >= 11 is 0. The van der Waals surface area contributed by atoms with Crippen LogP contribution in [0.25, 0.3) is 0 Å². The highest BCUT2D eigenvalue weighted by Crippen LogP contribution is 2.15. The lowest BCUT2D eigenvalue weighted by molar-refractivity contribution is -0.167. The highest BCUT2D eigenvalue weighted by Gasteiger charge is 2.19. The summed E-state index contributed by atoms with van der Waals surface area (Å²) in [5.74, 6) is -0.968. The van der Waals surface area contributed by atoms with Crippen LogP contribution in [-0.2, 0) is 28.6 Å². The fraction of sp³-hybridized carbons (Fsp3) is 0.727. The van der Waals surface area contributed by atoms with E-state index < -0.39 is 6.10 Å². The zero-order valence-electron chi connectivity index (χ0n) is 39.9. The highest BCUT2D eigenvalue weighted by atomic mass is 16.6. The predicted molar refractivity (Wildman–Crippen MR) is 261 cm³/mol. The van der Waals surface area contributed by atoms with Crippen LogP contribution in [0.5, 0.6) is 0 Å². The van der Waals surface area contributed by atoms with E-state index in [1.165, 1.54) is 96.3 Å². The quantitative estimate of drug-likeness (QED) is 0.0263. The highest BCUT2D eigenvalue weighted by molar-refractivity contribution is 5.71. The summed E-state index contributed by atoms with van der Waals surface area (Å²) in [6.45, 7) is 6.42. The molecule has 0 saturated heterocycles. The predicted octanol–water partition coefficient (Wildman–Crippen LogP) is 16.6. The normalized spacial score (nSPS) is 12.6. The lowest BCUT2D eigenvalue weighted by atomic mass is 10.0. The molecule has 0 aromatic rings. The Morgan fingerprint density at radius 1 is 0.344 bits per heavy atom. The Kier molecular flexibility index (Phi) is 46.9. The summed E-state index contributed by atoms with van der Waals surface area (Å²) in [6.07, 6.45) is 61.8. The van der Waals surface area contributed by atoms with Gasteiger partial charge in [0.05, 0.1) is 0 Å². The van der Waals surface area contributed by atoms with E-state index in [4.69, 9.17) is 14.2 Å². The molecular weight excluding hydrogens is 757 g/mol. The van der Waals surface area contributed by atoms with Crippen molar-refractivity contribution in [3.63, 3.8) is 0 Å². The van der Waals surface area contributed by atoms with Crippen LogP contribution in [0.1, 0.15) is 239 Å². The van der Waals surface area contributed by atoms with Crippen LogP contribution in [0, 0.1) is 0 Å². The van der Waals surface area contributed by atoms with Gasteiger partial charge in [0.1, 0.15) is 13.2 Å². The molecule has 61 heavy (non-hydrogen) atoms. The molecule has 0 N–H and O–H groups in total. The Morgan fingerprint density at radius 3 is 1.13 bits per heavy atom. The number of ether oxygens (including phenoxy) is 3. The number of unbranched alkanes of at least 4 members (excludes halogenated alkanes) is 22. The molecule has 350 valence electrons. The lowest BCUT2D eigenvalue weighted by Crippen LogP contribution is -2.30. The number of hydrogen-bond donors (Lipinski definition) is 0. The van der Waals surface area contributed by atoms with Crippen molar-refractivity contribution in [1.29, 1.82) is 0 Å². The number of hydrogen-bond acceptors (Lipinski definition) is 6. The first-order chi connectivity index (χ1) is 30.0. The van der Waals surface area contributed by atoms with Gasteiger partial charge >= 0.3 is 17.9 Å². The molecule has 0 fully saturated rings. The Morgan fingerprint density at radius 2 is 0.672 bits per heavy atom. The van der Waals surface area contributed by atoms with Crippen LogP contribution >= 0.6 is 0 Å². The number of rotatable bonds is 45. The first-order valence-corrected chi connectivity index (χ1v) is 25.4. The van der Waals surface area contributed by atoms with Crippen molar-refractivity contribution < 1.29 is 28.6 Å². The van der Waals surface area contributed by atoms with Gasteiger partial charge in [-0.3, -0.25) is 14.4 Å². The summed E-state index contributed by atoms with van der Waals surface area (Å²) < 4.78 is 16.7. The van der Waals surface area contributed by atoms with Crippen molar-refractivity contribution in [1.82, 2.24) is 0 Å². The summed E-state index contributed by atoms with van der Waals surface area (Å²) in [5.41, 5.74) is 0. The Bertz CT molecular complexity index is 1160. The molecule has 6 heteroatoms. The number of carbonyl (C=O) groups is 3. The maximum absolute atomic E-state index is 12.8. The van der Waals surface area contributed by atoms with Crippen molar-refractivity contribution >= 4 is 17.9 Å². The van der Waals surface area contributed by atoms with Crippen LogP contribution in [0.2, 0.25) is 0 Å². The molecule has 0 spiro atoms. The first kappa shape index (κ1) is 57.9. The van der Waals surface area contributed by atoms with E-state index in [0.29, 0.717) is 19.3 Å². The second-order valence-electron chi connectivity index (χ2n) is 16.7. The largest absolute Gasteiger partial charge is 0.462 e. The molecule has 0 heterocycles. The van der Waals surface area contributed by atoms with Gasteiger partial charge in [-0.15, -0.1) is 0 Å². The van der Waals surface area contributed by atoms with Gasteiger partial charge in [-0.05, 0) is 77.0 Å². The van der Waals surface area contributed by atoms with E-state index in [0.717, 1.165) is 96.3 Å². The molecule has 0 aromatic heterocycles. The molecule has 0 radical (unpaired) electrons. The molecule has 0 amide bonds. The standard InChI is InChI=1S/C55H94O6/c1-4-7-10-13-16-19-22-24-26-28-30-31-33-36-39-42-45-48-54(57)60-51-52(50-59-53(56)47-44-41-38-35-21-18-15-12-9-6-3)61-55(58)49-46-43-40-37-34-32-29-27-25-23-20-17-14-11-8-5-2/h7,10,15-16,18-19,24,26,30-31,36,39,52H,4-6,8-9,11-14,17,20-23,25,27-29,32-35,37-38,40-51H2,1-3H3/b10-7-,18-15-,19-16-,26-24-,31-30-,39-36-. The second-order valence-corrected chi connectivity index (χ2v) is 16.7. The van der Waals surface area contributed by atoms with Crippen LogP contribution in [0.4, 0.5) is 0 Å². The zero-order valence-corrected chi connectivity index (χ0v) is 39.9. The summed E-state index contributed by atoms with van der Waals surface area (Å²) in [6, 6.07) is 0. The molecule has 6 nitrogen and oxygen atoms in total. The smallest absolute Gasteiger partial charge is 0.306 e. The van der Waals surface area contributed by atoms with Gasteiger partial charge in [0.2, 0.25) is 0 Å². The number of allylic oxidation sites excluding steroid dienone is 12. The molecule has 0 aliphatic rings. The molecule has 0 aliphatic carbocycles. The van der Waals surface area contributed by atoms with Gasteiger partial charge in [-0.25, -0.2) is 0 Å². The first-order valence-electron chi connectivity index (χ1n) is 25.4. The third kappa shape index (κ3) is 47.7. The summed E-state index contributed by atoms with van der Waals surface area (Å²) in [7, 11) is 0. The Hall–Kier alpha value is -3.15.